The van der Waals surface area contributed by atoms with Crippen LogP contribution in [0.3, 0.4) is 0 Å². The van der Waals surface area contributed by atoms with E-state index in [1.807, 2.05) is 0 Å². The molecule has 1 aromatic carbocycles. The second kappa shape index (κ2) is 5.06. The minimum absolute atomic E-state index is 0.263. The Kier molecular flexibility index (Phi) is 3.65. The van der Waals surface area contributed by atoms with Crippen molar-refractivity contribution < 1.29 is 17.6 Å². The van der Waals surface area contributed by atoms with Crippen LogP contribution in [-0.2, 0) is 14.6 Å². The third kappa shape index (κ3) is 2.69. The van der Waals surface area contributed by atoms with Crippen molar-refractivity contribution in [3.05, 3.63) is 30.1 Å². The molecule has 0 unspecified atom stereocenters. The van der Waals surface area contributed by atoms with E-state index in [2.05, 4.69) is 5.32 Å². The maximum absolute atomic E-state index is 13.5. The first kappa shape index (κ1) is 13.0. The van der Waals surface area contributed by atoms with E-state index in [0.717, 1.165) is 12.5 Å². The van der Waals surface area contributed by atoms with Gasteiger partial charge in [0.15, 0.2) is 9.84 Å². The Bertz CT molecular complexity index is 556. The van der Waals surface area contributed by atoms with Gasteiger partial charge in [-0.3, -0.25) is 4.79 Å². The molecule has 1 heterocycles. The molecule has 6 heteroatoms. The fourth-order valence-electron chi connectivity index (χ4n) is 2.05. The van der Waals surface area contributed by atoms with Gasteiger partial charge in [-0.05, 0) is 25.0 Å². The topological polar surface area (TPSA) is 63.2 Å². The fraction of sp³-hybridized carbons (Fsp3) is 0.417. The third-order valence-electron chi connectivity index (χ3n) is 2.99. The molecule has 1 aliphatic heterocycles. The summed E-state index contributed by atoms with van der Waals surface area (Å²) >= 11 is 0. The highest BCUT2D eigenvalue weighted by Crippen LogP contribution is 2.21. The average molecular weight is 271 g/mol. The molecule has 0 radical (unpaired) electrons. The van der Waals surface area contributed by atoms with E-state index < -0.39 is 21.6 Å². The Morgan fingerprint density at radius 3 is 2.72 bits per heavy atom. The SMILES string of the molecule is O=C1NCCC[C@@H]1CS(=O)(=O)c1ccccc1F. The number of hydrogen-bond donors (Lipinski definition) is 1. The zero-order chi connectivity index (χ0) is 13.2. The molecule has 4 nitrogen and oxygen atoms in total. The molecular weight excluding hydrogens is 257 g/mol. The number of carbonyl (C=O) groups excluding carboxylic acids is 1. The molecule has 0 bridgehead atoms. The van der Waals surface area contributed by atoms with Crippen LogP contribution >= 0.6 is 0 Å². The summed E-state index contributed by atoms with van der Waals surface area (Å²) < 4.78 is 37.6. The Morgan fingerprint density at radius 1 is 1.33 bits per heavy atom. The maximum Gasteiger partial charge on any atom is 0.224 e. The van der Waals surface area contributed by atoms with Crippen LogP contribution in [0, 0.1) is 11.7 Å². The highest BCUT2D eigenvalue weighted by molar-refractivity contribution is 7.91. The van der Waals surface area contributed by atoms with E-state index in [1.165, 1.54) is 18.2 Å². The van der Waals surface area contributed by atoms with Gasteiger partial charge in [0.05, 0.1) is 11.7 Å². The van der Waals surface area contributed by atoms with Crippen molar-refractivity contribution in [1.82, 2.24) is 5.32 Å². The van der Waals surface area contributed by atoms with Crippen LogP contribution in [0.25, 0.3) is 0 Å². The Morgan fingerprint density at radius 2 is 2.06 bits per heavy atom. The van der Waals surface area contributed by atoms with Gasteiger partial charge in [-0.2, -0.15) is 0 Å². The largest absolute Gasteiger partial charge is 0.356 e. The van der Waals surface area contributed by atoms with E-state index in [4.69, 9.17) is 0 Å². The zero-order valence-electron chi connectivity index (χ0n) is 9.73. The van der Waals surface area contributed by atoms with Crippen molar-refractivity contribution in [2.75, 3.05) is 12.3 Å². The van der Waals surface area contributed by atoms with Gasteiger partial charge in [0.1, 0.15) is 10.7 Å². The molecule has 98 valence electrons. The molecular formula is C12H14FNO3S. The first-order chi connectivity index (χ1) is 8.50. The lowest BCUT2D eigenvalue weighted by atomic mass is 10.0. The van der Waals surface area contributed by atoms with Crippen LogP contribution in [0.5, 0.6) is 0 Å². The summed E-state index contributed by atoms with van der Waals surface area (Å²) in [6, 6.07) is 5.23. The van der Waals surface area contributed by atoms with Crippen molar-refractivity contribution in [2.24, 2.45) is 5.92 Å². The normalized spacial score (nSPS) is 20.5. The summed E-state index contributed by atoms with van der Waals surface area (Å²) in [7, 11) is -3.76. The summed E-state index contributed by atoms with van der Waals surface area (Å²) in [5, 5.41) is 2.62. The molecule has 1 amide bonds. The number of sulfone groups is 1. The summed E-state index contributed by atoms with van der Waals surface area (Å²) in [6.45, 7) is 0.578. The van der Waals surface area contributed by atoms with E-state index >= 15 is 0 Å². The average Bonchev–Trinajstić information content (AvgIpc) is 2.32. The molecule has 1 saturated heterocycles. The number of rotatable bonds is 3. The van der Waals surface area contributed by atoms with Crippen LogP contribution in [0.15, 0.2) is 29.2 Å². The minimum Gasteiger partial charge on any atom is -0.356 e. The number of halogens is 1. The monoisotopic (exact) mass is 271 g/mol. The highest BCUT2D eigenvalue weighted by atomic mass is 32.2. The predicted octanol–water partition coefficient (Wildman–Crippen LogP) is 1.13. The van der Waals surface area contributed by atoms with Crippen LogP contribution in [0.1, 0.15) is 12.8 Å². The van der Waals surface area contributed by atoms with E-state index in [1.54, 1.807) is 0 Å². The van der Waals surface area contributed by atoms with Gasteiger partial charge in [-0.1, -0.05) is 12.1 Å². The summed E-state index contributed by atoms with van der Waals surface area (Å²) in [4.78, 5) is 11.2. The highest BCUT2D eigenvalue weighted by Gasteiger charge is 2.29. The smallest absolute Gasteiger partial charge is 0.224 e. The van der Waals surface area contributed by atoms with Gasteiger partial charge < -0.3 is 5.32 Å². The molecule has 0 aliphatic carbocycles. The van der Waals surface area contributed by atoms with Crippen LogP contribution in [-0.4, -0.2) is 26.6 Å². The number of hydrogen-bond acceptors (Lipinski definition) is 3. The number of carbonyl (C=O) groups is 1. The van der Waals surface area contributed by atoms with Gasteiger partial charge in [-0.25, -0.2) is 12.8 Å². The standard InChI is InChI=1S/C12H14FNO3S/c13-10-5-1-2-6-11(10)18(16,17)8-9-4-3-7-14-12(9)15/h1-2,5-6,9H,3-4,7-8H2,(H,14,15)/t9-/m1/s1. The predicted molar refractivity (Wildman–Crippen MR) is 64.2 cm³/mol. The first-order valence-electron chi connectivity index (χ1n) is 5.76. The fourth-order valence-corrected chi connectivity index (χ4v) is 3.72. The lowest BCUT2D eigenvalue weighted by Gasteiger charge is -2.21. The van der Waals surface area contributed by atoms with Crippen molar-refractivity contribution >= 4 is 15.7 Å². The number of nitrogens with one attached hydrogen (secondary N) is 1. The molecule has 0 spiro atoms. The van der Waals surface area contributed by atoms with E-state index in [-0.39, 0.29) is 16.6 Å². The summed E-state index contributed by atoms with van der Waals surface area (Å²) in [5.41, 5.74) is 0. The van der Waals surface area contributed by atoms with Gasteiger partial charge in [0, 0.05) is 6.54 Å². The van der Waals surface area contributed by atoms with Crippen LogP contribution in [0.2, 0.25) is 0 Å². The zero-order valence-corrected chi connectivity index (χ0v) is 10.5. The first-order valence-corrected chi connectivity index (χ1v) is 7.41. The van der Waals surface area contributed by atoms with Gasteiger partial charge in [0.25, 0.3) is 0 Å². The van der Waals surface area contributed by atoms with Crippen molar-refractivity contribution in [1.29, 1.82) is 0 Å². The molecule has 1 aromatic rings. The molecule has 0 aromatic heterocycles. The minimum atomic E-state index is -3.76. The van der Waals surface area contributed by atoms with Crippen LogP contribution in [0.4, 0.5) is 4.39 Å². The third-order valence-corrected chi connectivity index (χ3v) is 4.83. The van der Waals surface area contributed by atoms with Crippen molar-refractivity contribution in [3.63, 3.8) is 0 Å². The summed E-state index contributed by atoms with van der Waals surface area (Å²) in [5.74, 6) is -1.95. The molecule has 1 aliphatic rings. The number of piperidine rings is 1. The lowest BCUT2D eigenvalue weighted by molar-refractivity contribution is -0.125. The molecule has 1 atom stereocenters. The Labute approximate surface area is 105 Å². The van der Waals surface area contributed by atoms with E-state index in [9.17, 15) is 17.6 Å². The van der Waals surface area contributed by atoms with Crippen molar-refractivity contribution in [3.8, 4) is 0 Å². The molecule has 18 heavy (non-hydrogen) atoms. The van der Waals surface area contributed by atoms with Crippen molar-refractivity contribution in [2.45, 2.75) is 17.7 Å². The second-order valence-corrected chi connectivity index (χ2v) is 6.34. The summed E-state index contributed by atoms with van der Waals surface area (Å²) in [6.07, 6.45) is 1.28. The van der Waals surface area contributed by atoms with Gasteiger partial charge in [-0.15, -0.1) is 0 Å². The molecule has 2 rings (SSSR count). The quantitative estimate of drug-likeness (QED) is 0.896. The second-order valence-electron chi connectivity index (χ2n) is 4.34. The Hall–Kier alpha value is -1.43. The molecule has 1 fully saturated rings. The Balaban J connectivity index is 2.22. The lowest BCUT2D eigenvalue weighted by Crippen LogP contribution is -2.39. The molecule has 1 N–H and O–H groups in total. The van der Waals surface area contributed by atoms with E-state index in [0.29, 0.717) is 13.0 Å². The maximum atomic E-state index is 13.5. The number of benzene rings is 1. The van der Waals surface area contributed by atoms with Crippen LogP contribution < -0.4 is 5.32 Å². The number of amides is 1. The van der Waals surface area contributed by atoms with Gasteiger partial charge in [0.2, 0.25) is 5.91 Å². The molecule has 0 saturated carbocycles. The van der Waals surface area contributed by atoms with Gasteiger partial charge >= 0.3 is 0 Å².